The monoisotopic (exact) mass is 334 g/mol. The van der Waals surface area contributed by atoms with Crippen molar-refractivity contribution in [3.05, 3.63) is 68.7 Å². The van der Waals surface area contributed by atoms with Crippen LogP contribution in [0.25, 0.3) is 5.70 Å². The van der Waals surface area contributed by atoms with Crippen molar-refractivity contribution in [2.75, 3.05) is 0 Å². The van der Waals surface area contributed by atoms with Gasteiger partial charge in [-0.3, -0.25) is 0 Å². The minimum Gasteiger partial charge on any atom is -0.507 e. The molecule has 0 fully saturated rings. The van der Waals surface area contributed by atoms with Crippen LogP contribution in [0.15, 0.2) is 36.4 Å². The fourth-order valence-electron chi connectivity index (χ4n) is 2.69. The number of aryl methyl sites for hydroxylation is 2. The lowest BCUT2D eigenvalue weighted by atomic mass is 10.0. The highest BCUT2D eigenvalue weighted by Gasteiger charge is 2.23. The molecule has 3 nitrogen and oxygen atoms in total. The molecule has 0 radical (unpaired) electrons. The van der Waals surface area contributed by atoms with Gasteiger partial charge < -0.3 is 10.5 Å². The number of phenolic OH excluding ortho intramolecular Hbond substituents is 1. The van der Waals surface area contributed by atoms with Crippen molar-refractivity contribution in [1.29, 1.82) is 0 Å². The maximum absolute atomic E-state index is 10.3. The van der Waals surface area contributed by atoms with Gasteiger partial charge in [0.15, 0.2) is 0 Å². The summed E-state index contributed by atoms with van der Waals surface area (Å²) in [5.74, 6) is 0.275. The molecule has 0 saturated carbocycles. The summed E-state index contributed by atoms with van der Waals surface area (Å²) in [7, 11) is 0. The van der Waals surface area contributed by atoms with E-state index in [9.17, 15) is 5.11 Å². The maximum atomic E-state index is 10.3. The molecule has 3 N–H and O–H groups in total. The molecule has 0 bridgehead atoms. The summed E-state index contributed by atoms with van der Waals surface area (Å²) in [4.78, 5) is 0. The van der Waals surface area contributed by atoms with Crippen LogP contribution in [0, 0.1) is 13.8 Å². The molecule has 1 aliphatic heterocycles. The van der Waals surface area contributed by atoms with E-state index in [1.807, 2.05) is 50.3 Å². The third-order valence-corrected chi connectivity index (χ3v) is 4.40. The molecular weight excluding hydrogens is 319 g/mol. The van der Waals surface area contributed by atoms with Gasteiger partial charge in [0.2, 0.25) is 0 Å². The molecule has 0 unspecified atom stereocenters. The molecular formula is C17H16Cl2N2O. The van der Waals surface area contributed by atoms with Crippen LogP contribution in [-0.4, -0.2) is 5.11 Å². The quantitative estimate of drug-likeness (QED) is 0.757. The second-order valence-electron chi connectivity index (χ2n) is 5.44. The maximum Gasteiger partial charge on any atom is 0.127 e. The van der Waals surface area contributed by atoms with E-state index in [0.717, 1.165) is 28.0 Å². The van der Waals surface area contributed by atoms with Gasteiger partial charge in [-0.2, -0.15) is 0 Å². The molecule has 1 heterocycles. The average molecular weight is 335 g/mol. The fraction of sp³-hybridized carbons (Fsp3) is 0.176. The predicted molar refractivity (Wildman–Crippen MR) is 91.0 cm³/mol. The second-order valence-corrected chi connectivity index (χ2v) is 6.26. The molecule has 2 aromatic rings. The van der Waals surface area contributed by atoms with Gasteiger partial charge in [-0.05, 0) is 49.2 Å². The van der Waals surface area contributed by atoms with E-state index in [4.69, 9.17) is 23.2 Å². The molecule has 0 aromatic heterocycles. The van der Waals surface area contributed by atoms with E-state index >= 15 is 0 Å². The number of aromatic hydroxyl groups is 1. The lowest BCUT2D eigenvalue weighted by Gasteiger charge is -2.13. The number of nitrogens with one attached hydrogen (secondary N) is 2. The minimum absolute atomic E-state index is 0.156. The topological polar surface area (TPSA) is 44.3 Å². The minimum atomic E-state index is -0.156. The summed E-state index contributed by atoms with van der Waals surface area (Å²) < 4.78 is 0. The predicted octanol–water partition coefficient (Wildman–Crippen LogP) is 4.51. The third-order valence-electron chi connectivity index (χ3n) is 3.74. The summed E-state index contributed by atoms with van der Waals surface area (Å²) >= 11 is 12.5. The lowest BCUT2D eigenvalue weighted by molar-refractivity contribution is 0.468. The van der Waals surface area contributed by atoms with E-state index in [1.54, 1.807) is 0 Å². The highest BCUT2D eigenvalue weighted by Crippen LogP contribution is 2.36. The van der Waals surface area contributed by atoms with E-state index in [0.29, 0.717) is 10.0 Å². The van der Waals surface area contributed by atoms with Crippen molar-refractivity contribution in [2.45, 2.75) is 19.9 Å². The van der Waals surface area contributed by atoms with Gasteiger partial charge >= 0.3 is 0 Å². The smallest absolute Gasteiger partial charge is 0.127 e. The summed E-state index contributed by atoms with van der Waals surface area (Å²) in [6.45, 7) is 3.89. The number of hydrogen-bond acceptors (Lipinski definition) is 3. The molecule has 0 aliphatic carbocycles. The zero-order chi connectivity index (χ0) is 15.9. The SMILES string of the molecule is Cc1cc(C)c(O)c(C2=C[C@H](c3c(Cl)cccc3Cl)NN2)c1. The van der Waals surface area contributed by atoms with Gasteiger partial charge in [-0.15, -0.1) is 0 Å². The summed E-state index contributed by atoms with van der Waals surface area (Å²) in [5, 5.41) is 11.5. The largest absolute Gasteiger partial charge is 0.507 e. The Morgan fingerprint density at radius 1 is 1.09 bits per heavy atom. The Bertz CT molecular complexity index is 751. The Morgan fingerprint density at radius 3 is 2.45 bits per heavy atom. The fourth-order valence-corrected chi connectivity index (χ4v) is 3.32. The number of benzene rings is 2. The van der Waals surface area contributed by atoms with Crippen molar-refractivity contribution in [2.24, 2.45) is 0 Å². The van der Waals surface area contributed by atoms with Gasteiger partial charge in [-0.1, -0.05) is 35.3 Å². The van der Waals surface area contributed by atoms with E-state index in [-0.39, 0.29) is 11.8 Å². The van der Waals surface area contributed by atoms with Crippen LogP contribution in [0.1, 0.15) is 28.3 Å². The van der Waals surface area contributed by atoms with Gasteiger partial charge in [0.1, 0.15) is 5.75 Å². The molecule has 1 atom stereocenters. The first-order valence-electron chi connectivity index (χ1n) is 6.95. The molecule has 5 heteroatoms. The normalized spacial score (nSPS) is 17.3. The Kier molecular flexibility index (Phi) is 4.04. The van der Waals surface area contributed by atoms with E-state index in [1.165, 1.54) is 0 Å². The first-order chi connectivity index (χ1) is 10.5. The standard InChI is InChI=1S/C17H16Cl2N2O/c1-9-6-10(2)17(22)11(7-9)14-8-15(21-20-14)16-12(18)4-3-5-13(16)19/h3-8,15,20-22H,1-2H3/t15-/m1/s1. The van der Waals surface area contributed by atoms with Crippen LogP contribution in [0.2, 0.25) is 10.0 Å². The average Bonchev–Trinajstić information content (AvgIpc) is 2.92. The first kappa shape index (κ1) is 15.2. The van der Waals surface area contributed by atoms with Crippen LogP contribution < -0.4 is 10.9 Å². The summed E-state index contributed by atoms with van der Waals surface area (Å²) in [6, 6.07) is 9.17. The number of hydrazine groups is 1. The van der Waals surface area contributed by atoms with Crippen LogP contribution in [0.3, 0.4) is 0 Å². The highest BCUT2D eigenvalue weighted by molar-refractivity contribution is 6.36. The van der Waals surface area contributed by atoms with Crippen LogP contribution in [0.5, 0.6) is 5.75 Å². The van der Waals surface area contributed by atoms with Crippen molar-refractivity contribution >= 4 is 28.9 Å². The first-order valence-corrected chi connectivity index (χ1v) is 7.71. The summed E-state index contributed by atoms with van der Waals surface area (Å²) in [6.07, 6.45) is 1.97. The molecule has 1 aliphatic rings. The molecule has 0 spiro atoms. The zero-order valence-electron chi connectivity index (χ0n) is 12.2. The summed E-state index contributed by atoms with van der Waals surface area (Å²) in [5.41, 5.74) is 10.6. The Morgan fingerprint density at radius 2 is 1.77 bits per heavy atom. The Hall–Kier alpha value is -1.68. The number of phenols is 1. The van der Waals surface area contributed by atoms with Gasteiger partial charge in [0, 0.05) is 21.2 Å². The van der Waals surface area contributed by atoms with E-state index in [2.05, 4.69) is 10.9 Å². The van der Waals surface area contributed by atoms with Crippen molar-refractivity contribution < 1.29 is 5.11 Å². The lowest BCUT2D eigenvalue weighted by Crippen LogP contribution is -2.26. The Labute approximate surface area is 139 Å². The number of hydrogen-bond donors (Lipinski definition) is 3. The van der Waals surface area contributed by atoms with Crippen molar-refractivity contribution in [3.63, 3.8) is 0 Å². The van der Waals surface area contributed by atoms with Crippen LogP contribution in [0.4, 0.5) is 0 Å². The van der Waals surface area contributed by atoms with Gasteiger partial charge in [-0.25, -0.2) is 5.43 Å². The van der Waals surface area contributed by atoms with Crippen LogP contribution >= 0.6 is 23.2 Å². The van der Waals surface area contributed by atoms with Gasteiger partial charge in [0.05, 0.1) is 11.7 Å². The highest BCUT2D eigenvalue weighted by atomic mass is 35.5. The number of rotatable bonds is 2. The van der Waals surface area contributed by atoms with Gasteiger partial charge in [0.25, 0.3) is 0 Å². The van der Waals surface area contributed by atoms with Crippen molar-refractivity contribution in [3.8, 4) is 5.75 Å². The van der Waals surface area contributed by atoms with E-state index < -0.39 is 0 Å². The molecule has 0 saturated heterocycles. The van der Waals surface area contributed by atoms with Crippen molar-refractivity contribution in [1.82, 2.24) is 10.9 Å². The second kappa shape index (κ2) is 5.84. The molecule has 114 valence electrons. The Balaban J connectivity index is 2.02. The molecule has 3 rings (SSSR count). The molecule has 0 amide bonds. The molecule has 22 heavy (non-hydrogen) atoms. The van der Waals surface area contributed by atoms with Crippen LogP contribution in [-0.2, 0) is 0 Å². The molecule has 2 aromatic carbocycles. The number of halogens is 2. The zero-order valence-corrected chi connectivity index (χ0v) is 13.8. The third kappa shape index (κ3) is 2.68.